The van der Waals surface area contributed by atoms with E-state index in [1.165, 1.54) is 5.56 Å². The van der Waals surface area contributed by atoms with Gasteiger partial charge in [0.2, 0.25) is 0 Å². The molecule has 0 spiro atoms. The molecule has 4 aromatic heterocycles. The molecule has 1 saturated heterocycles. The Bertz CT molecular complexity index is 1460. The van der Waals surface area contributed by atoms with Gasteiger partial charge in [-0.1, -0.05) is 12.1 Å². The zero-order valence-electron chi connectivity index (χ0n) is 20.5. The summed E-state index contributed by atoms with van der Waals surface area (Å²) in [5.74, 6) is 3.11. The van der Waals surface area contributed by atoms with E-state index in [0.29, 0.717) is 18.2 Å². The summed E-state index contributed by atoms with van der Waals surface area (Å²) in [5.41, 5.74) is 4.60. The lowest BCUT2D eigenvalue weighted by atomic mass is 10.1. The van der Waals surface area contributed by atoms with Crippen molar-refractivity contribution < 1.29 is 9.47 Å². The quantitative estimate of drug-likeness (QED) is 0.326. The Labute approximate surface area is 218 Å². The summed E-state index contributed by atoms with van der Waals surface area (Å²) in [7, 11) is 1.68. The topological polar surface area (TPSA) is 90.2 Å². The second-order valence-corrected chi connectivity index (χ2v) is 9.47. The third-order valence-corrected chi connectivity index (χ3v) is 7.06. The first-order valence-corrected chi connectivity index (χ1v) is 13.2. The van der Waals surface area contributed by atoms with E-state index in [-0.39, 0.29) is 0 Å². The highest BCUT2D eigenvalue weighted by Gasteiger charge is 2.17. The predicted octanol–water partition coefficient (Wildman–Crippen LogP) is 4.44. The maximum absolute atomic E-state index is 5.46. The zero-order valence-corrected chi connectivity index (χ0v) is 21.3. The Morgan fingerprint density at radius 1 is 1.03 bits per heavy atom. The van der Waals surface area contributed by atoms with Crippen molar-refractivity contribution in [1.82, 2.24) is 24.5 Å². The van der Waals surface area contributed by atoms with Gasteiger partial charge in [0.05, 0.1) is 26.0 Å². The molecule has 9 nitrogen and oxygen atoms in total. The molecule has 0 radical (unpaired) electrons. The third-order valence-electron chi connectivity index (χ3n) is 6.39. The first-order chi connectivity index (χ1) is 18.3. The smallest absolute Gasteiger partial charge is 0.170 e. The van der Waals surface area contributed by atoms with Crippen molar-refractivity contribution in [2.75, 3.05) is 50.2 Å². The van der Waals surface area contributed by atoms with Gasteiger partial charge in [-0.25, -0.2) is 19.9 Å². The lowest BCUT2D eigenvalue weighted by molar-refractivity contribution is 0.122. The largest absolute Gasteiger partial charge is 0.497 e. The molecule has 37 heavy (non-hydrogen) atoms. The number of hydrogen-bond acceptors (Lipinski definition) is 9. The van der Waals surface area contributed by atoms with Gasteiger partial charge in [0, 0.05) is 36.8 Å². The fraction of sp³-hybridized carbons (Fsp3) is 0.259. The Morgan fingerprint density at radius 3 is 2.62 bits per heavy atom. The minimum atomic E-state index is 0.609. The van der Waals surface area contributed by atoms with Gasteiger partial charge in [0.1, 0.15) is 17.9 Å². The van der Waals surface area contributed by atoms with Crippen molar-refractivity contribution in [2.24, 2.45) is 0 Å². The van der Waals surface area contributed by atoms with Crippen molar-refractivity contribution in [3.63, 3.8) is 0 Å². The lowest BCUT2D eigenvalue weighted by Gasteiger charge is -2.27. The highest BCUT2D eigenvalue weighted by Crippen LogP contribution is 2.27. The van der Waals surface area contributed by atoms with E-state index in [9.17, 15) is 0 Å². The summed E-state index contributed by atoms with van der Waals surface area (Å²) in [6.07, 6.45) is 4.49. The Kier molecular flexibility index (Phi) is 6.66. The average Bonchev–Trinajstić information content (AvgIpc) is 3.64. The maximum Gasteiger partial charge on any atom is 0.170 e. The van der Waals surface area contributed by atoms with Crippen molar-refractivity contribution in [3.8, 4) is 22.8 Å². The molecule has 0 amide bonds. The van der Waals surface area contributed by atoms with E-state index < -0.39 is 0 Å². The molecule has 0 bridgehead atoms. The Morgan fingerprint density at radius 2 is 1.89 bits per heavy atom. The first kappa shape index (κ1) is 23.4. The summed E-state index contributed by atoms with van der Waals surface area (Å²) in [5, 5.41) is 7.63. The number of aromatic nitrogens is 5. The number of methoxy groups -OCH3 is 1. The normalized spacial score (nSPS) is 13.7. The molecule has 0 aliphatic carbocycles. The molecule has 5 aromatic rings. The highest BCUT2D eigenvalue weighted by atomic mass is 32.1. The second kappa shape index (κ2) is 10.5. The number of fused-ring (bicyclic) bond motifs is 1. The van der Waals surface area contributed by atoms with Crippen LogP contribution in [0.5, 0.6) is 5.75 Å². The maximum atomic E-state index is 5.46. The molecule has 1 aromatic carbocycles. The Hall–Kier alpha value is -4.02. The summed E-state index contributed by atoms with van der Waals surface area (Å²) in [6, 6.07) is 14.2. The molecule has 6 rings (SSSR count). The van der Waals surface area contributed by atoms with Gasteiger partial charge in [0.25, 0.3) is 0 Å². The summed E-state index contributed by atoms with van der Waals surface area (Å²) >= 11 is 1.64. The molecular weight excluding hydrogens is 486 g/mol. The first-order valence-electron chi connectivity index (χ1n) is 12.2. The number of rotatable bonds is 8. The molecule has 0 saturated carbocycles. The molecule has 1 aliphatic rings. The molecule has 1 fully saturated rings. The molecule has 1 N–H and O–H groups in total. The summed E-state index contributed by atoms with van der Waals surface area (Å²) in [4.78, 5) is 21.4. The standard InChI is InChI=1S/C27H27N7O2S/c1-35-22-5-2-19(3-6-22)8-10-28-26-24-27(34(18-30-24)21-9-15-37-17-21)32-25(31-26)20-4-7-23(29-16-20)33-11-13-36-14-12-33/h2-7,9,15-18H,8,10-14H2,1H3,(H,28,31,32). The van der Waals surface area contributed by atoms with Crippen LogP contribution in [0.4, 0.5) is 11.6 Å². The fourth-order valence-corrected chi connectivity index (χ4v) is 4.98. The van der Waals surface area contributed by atoms with Crippen molar-refractivity contribution in [3.05, 3.63) is 71.3 Å². The molecule has 0 unspecified atom stereocenters. The van der Waals surface area contributed by atoms with E-state index in [1.807, 2.05) is 40.4 Å². The van der Waals surface area contributed by atoms with E-state index >= 15 is 0 Å². The number of imidazole rings is 1. The van der Waals surface area contributed by atoms with E-state index in [2.05, 4.69) is 38.8 Å². The van der Waals surface area contributed by atoms with Gasteiger partial charge >= 0.3 is 0 Å². The Balaban J connectivity index is 1.30. The molecular formula is C27H27N7O2S. The minimum absolute atomic E-state index is 0.609. The van der Waals surface area contributed by atoms with E-state index in [4.69, 9.17) is 24.4 Å². The van der Waals surface area contributed by atoms with Crippen LogP contribution in [0.3, 0.4) is 0 Å². The fourth-order valence-electron chi connectivity index (χ4n) is 4.35. The van der Waals surface area contributed by atoms with Crippen LogP contribution >= 0.6 is 11.3 Å². The number of benzene rings is 1. The monoisotopic (exact) mass is 513 g/mol. The number of thiophene rings is 1. The molecule has 0 atom stereocenters. The van der Waals surface area contributed by atoms with Crippen LogP contribution in [0.25, 0.3) is 28.2 Å². The van der Waals surface area contributed by atoms with Crippen LogP contribution in [-0.2, 0) is 11.2 Å². The molecule has 10 heteroatoms. The van der Waals surface area contributed by atoms with E-state index in [1.54, 1.807) is 24.8 Å². The number of anilines is 2. The van der Waals surface area contributed by atoms with Crippen molar-refractivity contribution in [2.45, 2.75) is 6.42 Å². The summed E-state index contributed by atoms with van der Waals surface area (Å²) < 4.78 is 12.7. The average molecular weight is 514 g/mol. The number of ether oxygens (including phenoxy) is 2. The number of pyridine rings is 1. The number of nitrogens with one attached hydrogen (secondary N) is 1. The molecule has 1 aliphatic heterocycles. The van der Waals surface area contributed by atoms with Crippen molar-refractivity contribution >= 4 is 34.1 Å². The van der Waals surface area contributed by atoms with E-state index in [0.717, 1.165) is 66.7 Å². The highest BCUT2D eigenvalue weighted by molar-refractivity contribution is 7.08. The summed E-state index contributed by atoms with van der Waals surface area (Å²) in [6.45, 7) is 3.84. The second-order valence-electron chi connectivity index (χ2n) is 8.69. The van der Waals surface area contributed by atoms with Gasteiger partial charge in [-0.05, 0) is 47.7 Å². The van der Waals surface area contributed by atoms with Gasteiger partial charge in [-0.2, -0.15) is 11.3 Å². The van der Waals surface area contributed by atoms with Crippen molar-refractivity contribution in [1.29, 1.82) is 0 Å². The zero-order chi connectivity index (χ0) is 25.0. The van der Waals surface area contributed by atoms with Gasteiger partial charge in [-0.15, -0.1) is 0 Å². The third kappa shape index (κ3) is 4.98. The van der Waals surface area contributed by atoms with Crippen LogP contribution in [-0.4, -0.2) is 64.5 Å². The van der Waals surface area contributed by atoms with Gasteiger partial charge < -0.3 is 19.7 Å². The van der Waals surface area contributed by atoms with Gasteiger partial charge in [-0.3, -0.25) is 4.57 Å². The molecule has 5 heterocycles. The van der Waals surface area contributed by atoms with Crippen LogP contribution in [0.2, 0.25) is 0 Å². The van der Waals surface area contributed by atoms with Gasteiger partial charge in [0.15, 0.2) is 22.8 Å². The minimum Gasteiger partial charge on any atom is -0.497 e. The predicted molar refractivity (Wildman–Crippen MR) is 146 cm³/mol. The van der Waals surface area contributed by atoms with Crippen LogP contribution < -0.4 is 15.0 Å². The number of hydrogen-bond donors (Lipinski definition) is 1. The van der Waals surface area contributed by atoms with Crippen LogP contribution in [0, 0.1) is 0 Å². The van der Waals surface area contributed by atoms with Crippen LogP contribution in [0.15, 0.2) is 65.7 Å². The number of morpholine rings is 1. The SMILES string of the molecule is COc1ccc(CCNc2nc(-c3ccc(N4CCOCC4)nc3)nc3c2ncn3-c2ccsc2)cc1. The van der Waals surface area contributed by atoms with Crippen LogP contribution in [0.1, 0.15) is 5.56 Å². The molecule has 188 valence electrons. The lowest BCUT2D eigenvalue weighted by Crippen LogP contribution is -2.36. The number of nitrogens with zero attached hydrogens (tertiary/aromatic N) is 6.